The van der Waals surface area contributed by atoms with Crippen molar-refractivity contribution in [1.82, 2.24) is 25.3 Å². The minimum absolute atomic E-state index is 0. The smallest absolute Gasteiger partial charge is 0.191 e. The number of guanidine groups is 1. The fourth-order valence-corrected chi connectivity index (χ4v) is 3.86. The first kappa shape index (κ1) is 23.2. The van der Waals surface area contributed by atoms with Crippen LogP contribution < -0.4 is 10.6 Å². The van der Waals surface area contributed by atoms with Gasteiger partial charge in [0.05, 0.1) is 5.69 Å². The van der Waals surface area contributed by atoms with Crippen LogP contribution in [0.4, 0.5) is 0 Å². The number of rotatable bonds is 7. The third-order valence-electron chi connectivity index (χ3n) is 4.83. The Morgan fingerprint density at radius 1 is 1.15 bits per heavy atom. The first-order valence-electron chi connectivity index (χ1n) is 9.66. The summed E-state index contributed by atoms with van der Waals surface area (Å²) < 4.78 is 2.08. The molecule has 1 aromatic heterocycles. The Hall–Kier alpha value is -0.830. The molecule has 2 atom stereocenters. The van der Waals surface area contributed by atoms with Crippen molar-refractivity contribution in [3.05, 3.63) is 17.5 Å². The van der Waals surface area contributed by atoms with Crippen LogP contribution in [0.25, 0.3) is 0 Å². The van der Waals surface area contributed by atoms with Crippen LogP contribution in [0.5, 0.6) is 0 Å². The van der Waals surface area contributed by atoms with Gasteiger partial charge in [0.15, 0.2) is 5.96 Å². The van der Waals surface area contributed by atoms with Crippen molar-refractivity contribution >= 4 is 29.9 Å². The summed E-state index contributed by atoms with van der Waals surface area (Å²) in [6, 6.07) is 2.12. The van der Waals surface area contributed by atoms with Crippen molar-refractivity contribution in [2.45, 2.75) is 47.1 Å². The molecule has 2 rings (SSSR count). The van der Waals surface area contributed by atoms with Crippen LogP contribution in [0.15, 0.2) is 11.1 Å². The molecule has 0 spiro atoms. The van der Waals surface area contributed by atoms with Gasteiger partial charge in [0, 0.05) is 52.0 Å². The maximum Gasteiger partial charge on any atom is 0.191 e. The van der Waals surface area contributed by atoms with Crippen LogP contribution in [0.2, 0.25) is 0 Å². The summed E-state index contributed by atoms with van der Waals surface area (Å²) in [5, 5.41) is 11.3. The second-order valence-electron chi connectivity index (χ2n) is 7.64. The Labute approximate surface area is 176 Å². The number of halogens is 1. The molecule has 0 aliphatic carbocycles. The highest BCUT2D eigenvalue weighted by Gasteiger charge is 2.21. The van der Waals surface area contributed by atoms with Crippen molar-refractivity contribution in [2.24, 2.45) is 16.8 Å². The van der Waals surface area contributed by atoms with Crippen molar-refractivity contribution < 1.29 is 0 Å². The normalized spacial score (nSPS) is 21.3. The lowest BCUT2D eigenvalue weighted by Gasteiger charge is -2.35. The molecule has 150 valence electrons. The number of piperidine rings is 1. The van der Waals surface area contributed by atoms with E-state index in [4.69, 9.17) is 0 Å². The van der Waals surface area contributed by atoms with E-state index in [0.29, 0.717) is 0 Å². The highest BCUT2D eigenvalue weighted by molar-refractivity contribution is 14.0. The van der Waals surface area contributed by atoms with E-state index < -0.39 is 0 Å². The van der Waals surface area contributed by atoms with Crippen molar-refractivity contribution in [3.8, 4) is 0 Å². The van der Waals surface area contributed by atoms with E-state index in [1.807, 2.05) is 14.0 Å². The number of aryl methyl sites for hydroxylation is 3. The van der Waals surface area contributed by atoms with Gasteiger partial charge in [0.2, 0.25) is 0 Å². The molecule has 6 nitrogen and oxygen atoms in total. The van der Waals surface area contributed by atoms with Crippen LogP contribution in [-0.2, 0) is 6.54 Å². The average Bonchev–Trinajstić information content (AvgIpc) is 2.86. The monoisotopic (exact) mass is 476 g/mol. The molecule has 0 bridgehead atoms. The molecule has 0 saturated carbocycles. The molecule has 2 N–H and O–H groups in total. The zero-order valence-electron chi connectivity index (χ0n) is 17.1. The van der Waals surface area contributed by atoms with E-state index in [0.717, 1.165) is 56.1 Å². The molecule has 0 aromatic carbocycles. The van der Waals surface area contributed by atoms with Gasteiger partial charge < -0.3 is 15.5 Å². The van der Waals surface area contributed by atoms with E-state index in [1.165, 1.54) is 25.2 Å². The number of aromatic nitrogens is 2. The summed E-state index contributed by atoms with van der Waals surface area (Å²) in [6.07, 6.45) is 2.40. The Morgan fingerprint density at radius 3 is 2.38 bits per heavy atom. The first-order valence-corrected chi connectivity index (χ1v) is 9.66. The molecule has 7 heteroatoms. The van der Waals surface area contributed by atoms with E-state index in [-0.39, 0.29) is 24.0 Å². The molecule has 26 heavy (non-hydrogen) atoms. The fraction of sp³-hybridized carbons (Fsp3) is 0.789. The second kappa shape index (κ2) is 11.8. The topological polar surface area (TPSA) is 57.5 Å². The second-order valence-corrected chi connectivity index (χ2v) is 7.64. The number of nitrogens with one attached hydrogen (secondary N) is 2. The molecule has 2 heterocycles. The van der Waals surface area contributed by atoms with Crippen molar-refractivity contribution in [1.29, 1.82) is 0 Å². The van der Waals surface area contributed by atoms with Crippen LogP contribution in [0, 0.1) is 25.7 Å². The highest BCUT2D eigenvalue weighted by Crippen LogP contribution is 2.20. The van der Waals surface area contributed by atoms with Gasteiger partial charge in [-0.05, 0) is 44.6 Å². The van der Waals surface area contributed by atoms with E-state index in [9.17, 15) is 0 Å². The van der Waals surface area contributed by atoms with Crippen molar-refractivity contribution in [2.75, 3.05) is 39.8 Å². The first-order chi connectivity index (χ1) is 12.0. The molecule has 1 fully saturated rings. The van der Waals surface area contributed by atoms with Crippen LogP contribution in [-0.4, -0.2) is 60.4 Å². The van der Waals surface area contributed by atoms with Gasteiger partial charge in [0.1, 0.15) is 0 Å². The third-order valence-corrected chi connectivity index (χ3v) is 4.83. The molecule has 0 amide bonds. The van der Waals surface area contributed by atoms with Gasteiger partial charge in [-0.25, -0.2) is 0 Å². The molecule has 1 aromatic rings. The predicted molar refractivity (Wildman–Crippen MR) is 120 cm³/mol. The standard InChI is InChI=1S/C19H36N6.HI/c1-15-11-16(2)14-24(13-15)10-8-22-19(20-5)21-7-6-9-25-18(4)12-17(3)23-25;/h12,15-16H,6-11,13-14H2,1-5H3,(H2,20,21,22);1H. The fourth-order valence-electron chi connectivity index (χ4n) is 3.86. The highest BCUT2D eigenvalue weighted by atomic mass is 127. The number of hydrogen-bond acceptors (Lipinski definition) is 3. The quantitative estimate of drug-likeness (QED) is 0.275. The Bertz CT molecular complexity index is 546. The predicted octanol–water partition coefficient (Wildman–Crippen LogP) is 2.65. The zero-order chi connectivity index (χ0) is 18.2. The molecule has 1 saturated heterocycles. The molecule has 0 radical (unpaired) electrons. The number of nitrogens with zero attached hydrogens (tertiary/aromatic N) is 4. The lowest BCUT2D eigenvalue weighted by atomic mass is 9.92. The molecular weight excluding hydrogens is 439 g/mol. The van der Waals surface area contributed by atoms with Gasteiger partial charge in [-0.3, -0.25) is 9.67 Å². The van der Waals surface area contributed by atoms with Gasteiger partial charge in [-0.1, -0.05) is 13.8 Å². The van der Waals surface area contributed by atoms with Crippen molar-refractivity contribution in [3.63, 3.8) is 0 Å². The lowest BCUT2D eigenvalue weighted by molar-refractivity contribution is 0.143. The Morgan fingerprint density at radius 2 is 1.81 bits per heavy atom. The summed E-state index contributed by atoms with van der Waals surface area (Å²) in [5.41, 5.74) is 2.31. The third kappa shape index (κ3) is 7.82. The maximum atomic E-state index is 4.50. The Balaban J connectivity index is 0.00000338. The van der Waals surface area contributed by atoms with Gasteiger partial charge >= 0.3 is 0 Å². The summed E-state index contributed by atoms with van der Waals surface area (Å²) in [5.74, 6) is 2.53. The number of aliphatic imine (C=N–C) groups is 1. The van der Waals surface area contributed by atoms with Gasteiger partial charge in [-0.15, -0.1) is 24.0 Å². The van der Waals surface area contributed by atoms with Gasteiger partial charge in [0.25, 0.3) is 0 Å². The van der Waals surface area contributed by atoms with E-state index in [2.05, 4.69) is 57.1 Å². The van der Waals surface area contributed by atoms with Crippen LogP contribution in [0.1, 0.15) is 38.1 Å². The molecule has 1 aliphatic heterocycles. The van der Waals surface area contributed by atoms with Gasteiger partial charge in [-0.2, -0.15) is 5.10 Å². The maximum absolute atomic E-state index is 4.50. The summed E-state index contributed by atoms with van der Waals surface area (Å²) in [7, 11) is 1.83. The van der Waals surface area contributed by atoms with Crippen LogP contribution in [0.3, 0.4) is 0 Å². The molecule has 1 aliphatic rings. The summed E-state index contributed by atoms with van der Waals surface area (Å²) in [4.78, 5) is 6.89. The molecule has 2 unspecified atom stereocenters. The van der Waals surface area contributed by atoms with E-state index >= 15 is 0 Å². The SMILES string of the molecule is CN=C(NCCCn1nc(C)cc1C)NCCN1CC(C)CC(C)C1.I. The summed E-state index contributed by atoms with van der Waals surface area (Å²) >= 11 is 0. The van der Waals surface area contributed by atoms with Crippen LogP contribution >= 0.6 is 24.0 Å². The minimum Gasteiger partial charge on any atom is -0.356 e. The Kier molecular flexibility index (Phi) is 10.5. The average molecular weight is 476 g/mol. The largest absolute Gasteiger partial charge is 0.356 e. The molecular formula is C19H37IN6. The lowest BCUT2D eigenvalue weighted by Crippen LogP contribution is -2.45. The number of likely N-dealkylation sites (tertiary alicyclic amines) is 1. The van der Waals surface area contributed by atoms with E-state index in [1.54, 1.807) is 0 Å². The number of hydrogen-bond donors (Lipinski definition) is 2. The minimum atomic E-state index is 0. The zero-order valence-corrected chi connectivity index (χ0v) is 19.4. The summed E-state index contributed by atoms with van der Waals surface area (Å²) in [6.45, 7) is 15.2.